The van der Waals surface area contributed by atoms with Crippen LogP contribution in [0.25, 0.3) is 0 Å². The van der Waals surface area contributed by atoms with E-state index in [1.807, 2.05) is 0 Å². The highest BCUT2D eigenvalue weighted by Crippen LogP contribution is 2.21. The molecule has 1 amide bonds. The van der Waals surface area contributed by atoms with Crippen LogP contribution in [0.15, 0.2) is 12.1 Å². The monoisotopic (exact) mass is 278 g/mol. The van der Waals surface area contributed by atoms with Gasteiger partial charge in [0.25, 0.3) is 5.91 Å². The topological polar surface area (TPSA) is 88.5 Å². The highest BCUT2D eigenvalue weighted by atomic mass is 16.5. The number of carbonyl (C=O) groups excluding carboxylic acids is 1. The van der Waals surface area contributed by atoms with Crippen molar-refractivity contribution in [3.63, 3.8) is 0 Å². The van der Waals surface area contributed by atoms with Crippen LogP contribution in [0, 0.1) is 6.92 Å². The molecule has 1 aliphatic rings. The number of carbonyl (C=O) groups is 2. The molecule has 1 aliphatic carbocycles. The van der Waals surface area contributed by atoms with Crippen molar-refractivity contribution in [2.75, 3.05) is 7.11 Å². The van der Waals surface area contributed by atoms with E-state index in [-0.39, 0.29) is 29.3 Å². The first-order valence-electron chi connectivity index (χ1n) is 6.57. The number of aromatic carboxylic acids is 1. The lowest BCUT2D eigenvalue weighted by atomic mass is 10.1. The summed E-state index contributed by atoms with van der Waals surface area (Å²) >= 11 is 0. The zero-order valence-electron chi connectivity index (χ0n) is 11.5. The molecule has 2 N–H and O–H groups in total. The van der Waals surface area contributed by atoms with Gasteiger partial charge in [0.05, 0.1) is 23.4 Å². The van der Waals surface area contributed by atoms with Crippen molar-refractivity contribution < 1.29 is 19.4 Å². The molecule has 0 aliphatic heterocycles. The van der Waals surface area contributed by atoms with Gasteiger partial charge >= 0.3 is 5.97 Å². The summed E-state index contributed by atoms with van der Waals surface area (Å²) < 4.78 is 5.32. The Hall–Kier alpha value is -1.95. The maximum atomic E-state index is 12.1. The van der Waals surface area contributed by atoms with E-state index in [2.05, 4.69) is 10.3 Å². The third kappa shape index (κ3) is 2.96. The summed E-state index contributed by atoms with van der Waals surface area (Å²) in [6.07, 6.45) is 2.88. The van der Waals surface area contributed by atoms with Crippen molar-refractivity contribution in [3.8, 4) is 0 Å². The van der Waals surface area contributed by atoms with E-state index >= 15 is 0 Å². The number of methoxy groups -OCH3 is 1. The van der Waals surface area contributed by atoms with Gasteiger partial charge in [0.1, 0.15) is 5.69 Å². The molecule has 1 heterocycles. The Labute approximate surface area is 117 Å². The summed E-state index contributed by atoms with van der Waals surface area (Å²) in [4.78, 5) is 27.1. The van der Waals surface area contributed by atoms with Gasteiger partial charge in [-0.15, -0.1) is 0 Å². The number of nitrogens with zero attached hydrogens (tertiary/aromatic N) is 1. The number of hydrogen-bond acceptors (Lipinski definition) is 4. The summed E-state index contributed by atoms with van der Waals surface area (Å²) in [5, 5.41) is 11.8. The van der Waals surface area contributed by atoms with Crippen LogP contribution in [-0.2, 0) is 4.74 Å². The summed E-state index contributed by atoms with van der Waals surface area (Å²) in [7, 11) is 1.64. The van der Waals surface area contributed by atoms with Gasteiger partial charge < -0.3 is 15.2 Å². The summed E-state index contributed by atoms with van der Waals surface area (Å²) in [5.41, 5.74) is 0.673. The Morgan fingerprint density at radius 3 is 2.75 bits per heavy atom. The van der Waals surface area contributed by atoms with E-state index in [1.54, 1.807) is 14.0 Å². The van der Waals surface area contributed by atoms with Gasteiger partial charge in [-0.2, -0.15) is 0 Å². The van der Waals surface area contributed by atoms with Crippen LogP contribution < -0.4 is 5.32 Å². The number of aromatic nitrogens is 1. The van der Waals surface area contributed by atoms with E-state index in [0.29, 0.717) is 5.69 Å². The number of rotatable bonds is 4. The van der Waals surface area contributed by atoms with Crippen molar-refractivity contribution in [1.29, 1.82) is 0 Å². The normalized spacial score (nSPS) is 21.7. The largest absolute Gasteiger partial charge is 0.478 e. The molecule has 6 heteroatoms. The van der Waals surface area contributed by atoms with E-state index in [0.717, 1.165) is 19.3 Å². The first-order chi connectivity index (χ1) is 9.52. The second kappa shape index (κ2) is 6.00. The standard InChI is InChI=1S/C14H18N2O4/c1-8-9(14(18)19)6-7-11(15-8)13(17)16-10-4-3-5-12(10)20-2/h6-7,10,12H,3-5H2,1-2H3,(H,16,17)(H,18,19). The lowest BCUT2D eigenvalue weighted by molar-refractivity contribution is 0.0692. The molecule has 1 aromatic rings. The van der Waals surface area contributed by atoms with Gasteiger partial charge in [0.15, 0.2) is 0 Å². The van der Waals surface area contributed by atoms with Crippen LogP contribution >= 0.6 is 0 Å². The molecule has 20 heavy (non-hydrogen) atoms. The Bertz CT molecular complexity index is 530. The molecule has 1 fully saturated rings. The molecule has 0 spiro atoms. The van der Waals surface area contributed by atoms with Gasteiger partial charge in [0, 0.05) is 7.11 Å². The zero-order chi connectivity index (χ0) is 14.7. The van der Waals surface area contributed by atoms with Gasteiger partial charge in [-0.3, -0.25) is 4.79 Å². The molecule has 0 bridgehead atoms. The number of aryl methyl sites for hydroxylation is 1. The van der Waals surface area contributed by atoms with Crippen LogP contribution in [0.5, 0.6) is 0 Å². The number of amides is 1. The minimum Gasteiger partial charge on any atom is -0.478 e. The lowest BCUT2D eigenvalue weighted by Crippen LogP contribution is -2.41. The Morgan fingerprint density at radius 2 is 2.15 bits per heavy atom. The van der Waals surface area contributed by atoms with Crippen LogP contribution in [-0.4, -0.2) is 41.2 Å². The SMILES string of the molecule is COC1CCCC1NC(=O)c1ccc(C(=O)O)c(C)n1. The fourth-order valence-corrected chi connectivity index (χ4v) is 2.53. The average Bonchev–Trinajstić information content (AvgIpc) is 2.85. The third-order valence-electron chi connectivity index (χ3n) is 3.62. The van der Waals surface area contributed by atoms with Crippen molar-refractivity contribution in [3.05, 3.63) is 29.1 Å². The smallest absolute Gasteiger partial charge is 0.337 e. The fourth-order valence-electron chi connectivity index (χ4n) is 2.53. The minimum absolute atomic E-state index is 0.00578. The zero-order valence-corrected chi connectivity index (χ0v) is 11.5. The number of hydrogen-bond donors (Lipinski definition) is 2. The van der Waals surface area contributed by atoms with Gasteiger partial charge in [-0.05, 0) is 38.3 Å². The first kappa shape index (κ1) is 14.5. The summed E-state index contributed by atoms with van der Waals surface area (Å²) in [5.74, 6) is -1.34. The Kier molecular flexibility index (Phi) is 4.34. The fraction of sp³-hybridized carbons (Fsp3) is 0.500. The molecule has 2 unspecified atom stereocenters. The van der Waals surface area contributed by atoms with Gasteiger partial charge in [-0.25, -0.2) is 9.78 Å². The van der Waals surface area contributed by atoms with Crippen molar-refractivity contribution in [1.82, 2.24) is 10.3 Å². The van der Waals surface area contributed by atoms with E-state index in [9.17, 15) is 9.59 Å². The molecular weight excluding hydrogens is 260 g/mol. The number of carboxylic acid groups (broad SMARTS) is 1. The molecule has 108 valence electrons. The Morgan fingerprint density at radius 1 is 1.40 bits per heavy atom. The average molecular weight is 278 g/mol. The molecule has 2 rings (SSSR count). The maximum Gasteiger partial charge on any atom is 0.337 e. The van der Waals surface area contributed by atoms with Crippen molar-refractivity contribution in [2.45, 2.75) is 38.3 Å². The summed E-state index contributed by atoms with van der Waals surface area (Å²) in [6.45, 7) is 1.58. The second-order valence-electron chi connectivity index (χ2n) is 4.92. The quantitative estimate of drug-likeness (QED) is 0.868. The molecule has 0 saturated heterocycles. The molecule has 2 atom stereocenters. The third-order valence-corrected chi connectivity index (χ3v) is 3.62. The molecule has 1 aromatic heterocycles. The van der Waals surface area contributed by atoms with Crippen LogP contribution in [0.2, 0.25) is 0 Å². The van der Waals surface area contributed by atoms with Crippen molar-refractivity contribution >= 4 is 11.9 Å². The molecule has 0 radical (unpaired) electrons. The first-order valence-corrected chi connectivity index (χ1v) is 6.57. The van der Waals surface area contributed by atoms with Crippen molar-refractivity contribution in [2.24, 2.45) is 0 Å². The number of nitrogens with one attached hydrogen (secondary N) is 1. The molecular formula is C14H18N2O4. The van der Waals surface area contributed by atoms with Gasteiger partial charge in [-0.1, -0.05) is 0 Å². The van der Waals surface area contributed by atoms with Crippen LogP contribution in [0.3, 0.4) is 0 Å². The number of ether oxygens (including phenoxy) is 1. The molecule has 6 nitrogen and oxygen atoms in total. The van der Waals surface area contributed by atoms with E-state index < -0.39 is 5.97 Å². The van der Waals surface area contributed by atoms with E-state index in [1.165, 1.54) is 12.1 Å². The van der Waals surface area contributed by atoms with E-state index in [4.69, 9.17) is 9.84 Å². The van der Waals surface area contributed by atoms with Crippen LogP contribution in [0.4, 0.5) is 0 Å². The second-order valence-corrected chi connectivity index (χ2v) is 4.92. The highest BCUT2D eigenvalue weighted by molar-refractivity contribution is 5.94. The van der Waals surface area contributed by atoms with Gasteiger partial charge in [0.2, 0.25) is 0 Å². The predicted molar refractivity (Wildman–Crippen MR) is 71.8 cm³/mol. The molecule has 0 aromatic carbocycles. The minimum atomic E-state index is -1.04. The lowest BCUT2D eigenvalue weighted by Gasteiger charge is -2.19. The Balaban J connectivity index is 2.10. The maximum absolute atomic E-state index is 12.1. The predicted octanol–water partition coefficient (Wildman–Crippen LogP) is 1.39. The number of pyridine rings is 1. The highest BCUT2D eigenvalue weighted by Gasteiger charge is 2.29. The van der Waals surface area contributed by atoms with Crippen LogP contribution in [0.1, 0.15) is 45.8 Å². The molecule has 1 saturated carbocycles. The number of carboxylic acids is 1. The summed E-state index contributed by atoms with van der Waals surface area (Å²) in [6, 6.07) is 2.83.